The van der Waals surface area contributed by atoms with Gasteiger partial charge in [-0.15, -0.1) is 0 Å². The summed E-state index contributed by atoms with van der Waals surface area (Å²) in [5.41, 5.74) is 2.42. The Kier molecular flexibility index (Phi) is 3.75. The van der Waals surface area contributed by atoms with Crippen LogP contribution in [-0.2, 0) is 16.0 Å². The van der Waals surface area contributed by atoms with Crippen molar-refractivity contribution in [2.24, 2.45) is 0 Å². The molecule has 0 spiro atoms. The van der Waals surface area contributed by atoms with Crippen molar-refractivity contribution in [3.8, 4) is 0 Å². The van der Waals surface area contributed by atoms with Crippen LogP contribution in [0.2, 0.25) is 0 Å². The number of nitrogens with zero attached hydrogens (tertiary/aromatic N) is 2. The summed E-state index contributed by atoms with van der Waals surface area (Å²) in [7, 11) is 1.43. The summed E-state index contributed by atoms with van der Waals surface area (Å²) in [6.45, 7) is 0. The van der Waals surface area contributed by atoms with Gasteiger partial charge in [-0.2, -0.15) is 0 Å². The Hall–Kier alpha value is -1.84. The van der Waals surface area contributed by atoms with Crippen molar-refractivity contribution >= 4 is 11.5 Å². The van der Waals surface area contributed by atoms with Crippen LogP contribution in [0.3, 0.4) is 0 Å². The molecule has 2 aromatic heterocycles. The second-order valence-electron chi connectivity index (χ2n) is 4.00. The number of unbranched alkanes of at least 4 members (excludes halogenated alkanes) is 1. The summed E-state index contributed by atoms with van der Waals surface area (Å²) < 4.78 is 6.62. The summed E-state index contributed by atoms with van der Waals surface area (Å²) >= 11 is 0. The number of carbonyl (C=O) groups excluding carboxylic acids is 1. The van der Waals surface area contributed by atoms with E-state index in [0.717, 1.165) is 24.8 Å². The van der Waals surface area contributed by atoms with Crippen LogP contribution in [0.5, 0.6) is 0 Å². The minimum absolute atomic E-state index is 0.132. The van der Waals surface area contributed by atoms with Crippen LogP contribution in [-0.4, -0.2) is 22.5 Å². The molecule has 0 aliphatic heterocycles. The number of hydrogen-bond acceptors (Lipinski definition) is 3. The number of fused-ring (bicyclic) bond motifs is 1. The van der Waals surface area contributed by atoms with E-state index in [1.54, 1.807) is 6.33 Å². The predicted molar refractivity (Wildman–Crippen MR) is 64.8 cm³/mol. The van der Waals surface area contributed by atoms with Crippen molar-refractivity contribution in [2.45, 2.75) is 25.7 Å². The van der Waals surface area contributed by atoms with Crippen LogP contribution >= 0.6 is 0 Å². The summed E-state index contributed by atoms with van der Waals surface area (Å²) in [5, 5.41) is 0. The number of hydrogen-bond donors (Lipinski definition) is 0. The number of aromatic nitrogens is 2. The van der Waals surface area contributed by atoms with Crippen LogP contribution in [0.15, 0.2) is 30.9 Å². The summed E-state index contributed by atoms with van der Waals surface area (Å²) in [6.07, 6.45) is 8.97. The lowest BCUT2D eigenvalue weighted by molar-refractivity contribution is -0.140. The Morgan fingerprint density at radius 1 is 1.47 bits per heavy atom. The molecule has 0 aliphatic rings. The highest BCUT2D eigenvalue weighted by Crippen LogP contribution is 2.13. The van der Waals surface area contributed by atoms with E-state index in [1.807, 2.05) is 22.9 Å². The lowest BCUT2D eigenvalue weighted by Gasteiger charge is -2.03. The fourth-order valence-electron chi connectivity index (χ4n) is 1.91. The van der Waals surface area contributed by atoms with Crippen LogP contribution in [0, 0.1) is 0 Å². The molecule has 0 bridgehead atoms. The highest BCUT2D eigenvalue weighted by molar-refractivity contribution is 5.69. The molecule has 2 aromatic rings. The maximum atomic E-state index is 11.0. The first-order valence-electron chi connectivity index (χ1n) is 5.77. The normalized spacial score (nSPS) is 10.6. The Morgan fingerprint density at radius 2 is 2.35 bits per heavy atom. The molecule has 90 valence electrons. The van der Waals surface area contributed by atoms with E-state index in [2.05, 4.69) is 15.8 Å². The van der Waals surface area contributed by atoms with Crippen molar-refractivity contribution in [2.75, 3.05) is 7.11 Å². The van der Waals surface area contributed by atoms with E-state index in [1.165, 1.54) is 12.7 Å². The van der Waals surface area contributed by atoms with E-state index in [0.29, 0.717) is 6.42 Å². The van der Waals surface area contributed by atoms with Crippen molar-refractivity contribution in [1.29, 1.82) is 0 Å². The Morgan fingerprint density at radius 3 is 3.18 bits per heavy atom. The van der Waals surface area contributed by atoms with Gasteiger partial charge in [-0.3, -0.25) is 4.79 Å². The molecular weight excluding hydrogens is 216 g/mol. The molecule has 17 heavy (non-hydrogen) atoms. The third-order valence-corrected chi connectivity index (χ3v) is 2.84. The minimum atomic E-state index is -0.132. The van der Waals surface area contributed by atoms with Gasteiger partial charge in [0.25, 0.3) is 0 Å². The molecule has 0 radical (unpaired) electrons. The van der Waals surface area contributed by atoms with Gasteiger partial charge in [0.1, 0.15) is 0 Å². The van der Waals surface area contributed by atoms with E-state index in [9.17, 15) is 4.79 Å². The summed E-state index contributed by atoms with van der Waals surface area (Å²) in [6, 6.07) is 4.12. The molecule has 0 unspecified atom stereocenters. The molecular formula is C13H16N2O2. The zero-order valence-electron chi connectivity index (χ0n) is 9.93. The monoisotopic (exact) mass is 232 g/mol. The zero-order valence-corrected chi connectivity index (χ0v) is 9.93. The number of pyridine rings is 1. The van der Waals surface area contributed by atoms with Crippen LogP contribution < -0.4 is 0 Å². The third kappa shape index (κ3) is 2.84. The van der Waals surface area contributed by atoms with Crippen LogP contribution in [0.25, 0.3) is 5.52 Å². The molecule has 2 rings (SSSR count). The number of aryl methyl sites for hydroxylation is 1. The highest BCUT2D eigenvalue weighted by atomic mass is 16.5. The van der Waals surface area contributed by atoms with Gasteiger partial charge in [0.15, 0.2) is 0 Å². The topological polar surface area (TPSA) is 43.6 Å². The number of ether oxygens (including phenoxy) is 1. The quantitative estimate of drug-likeness (QED) is 0.586. The molecule has 0 aliphatic carbocycles. The SMILES string of the molecule is COC(=O)CCCCc1cccn2cncc12. The van der Waals surface area contributed by atoms with Gasteiger partial charge in [0.05, 0.1) is 25.2 Å². The first-order chi connectivity index (χ1) is 8.31. The largest absolute Gasteiger partial charge is 0.469 e. The third-order valence-electron chi connectivity index (χ3n) is 2.84. The second kappa shape index (κ2) is 5.48. The standard InChI is InChI=1S/C13H16N2O2/c1-17-13(16)7-3-2-5-11-6-4-8-15-10-14-9-12(11)15/h4,6,8-10H,2-3,5,7H2,1H3. The Bertz CT molecular complexity index is 505. The Labute approximate surface area is 100 Å². The predicted octanol–water partition coefficient (Wildman–Crippen LogP) is 2.22. The van der Waals surface area contributed by atoms with Gasteiger partial charge in [0, 0.05) is 12.6 Å². The van der Waals surface area contributed by atoms with Crippen molar-refractivity contribution in [3.05, 3.63) is 36.4 Å². The van der Waals surface area contributed by atoms with E-state index in [-0.39, 0.29) is 5.97 Å². The van der Waals surface area contributed by atoms with Gasteiger partial charge in [-0.1, -0.05) is 6.07 Å². The van der Waals surface area contributed by atoms with Crippen molar-refractivity contribution in [1.82, 2.24) is 9.38 Å². The second-order valence-corrected chi connectivity index (χ2v) is 4.00. The number of carbonyl (C=O) groups is 1. The van der Waals surface area contributed by atoms with E-state index >= 15 is 0 Å². The average molecular weight is 232 g/mol. The van der Waals surface area contributed by atoms with E-state index < -0.39 is 0 Å². The molecule has 0 amide bonds. The van der Waals surface area contributed by atoms with Crippen LogP contribution in [0.4, 0.5) is 0 Å². The molecule has 0 saturated heterocycles. The highest BCUT2D eigenvalue weighted by Gasteiger charge is 2.03. The summed E-state index contributed by atoms with van der Waals surface area (Å²) in [4.78, 5) is 15.1. The van der Waals surface area contributed by atoms with Crippen LogP contribution in [0.1, 0.15) is 24.8 Å². The molecule has 4 heteroatoms. The molecule has 2 heterocycles. The maximum absolute atomic E-state index is 11.0. The lowest BCUT2D eigenvalue weighted by Crippen LogP contribution is -2.00. The molecule has 0 N–H and O–H groups in total. The molecule has 0 atom stereocenters. The number of esters is 1. The van der Waals surface area contributed by atoms with Gasteiger partial charge in [-0.25, -0.2) is 4.98 Å². The molecule has 0 fully saturated rings. The fraction of sp³-hybridized carbons (Fsp3) is 0.385. The van der Waals surface area contributed by atoms with Crippen molar-refractivity contribution in [3.63, 3.8) is 0 Å². The van der Waals surface area contributed by atoms with Gasteiger partial charge < -0.3 is 9.14 Å². The summed E-state index contributed by atoms with van der Waals surface area (Å²) in [5.74, 6) is -0.132. The first kappa shape index (κ1) is 11.6. The van der Waals surface area contributed by atoms with Gasteiger partial charge in [0.2, 0.25) is 0 Å². The number of methoxy groups -OCH3 is 1. The number of imidazole rings is 1. The van der Waals surface area contributed by atoms with Gasteiger partial charge >= 0.3 is 5.97 Å². The molecule has 4 nitrogen and oxygen atoms in total. The van der Waals surface area contributed by atoms with E-state index in [4.69, 9.17) is 0 Å². The average Bonchev–Trinajstić information content (AvgIpc) is 2.83. The zero-order chi connectivity index (χ0) is 12.1. The van der Waals surface area contributed by atoms with Gasteiger partial charge in [-0.05, 0) is 30.9 Å². The fourth-order valence-corrected chi connectivity index (χ4v) is 1.91. The minimum Gasteiger partial charge on any atom is -0.469 e. The Balaban J connectivity index is 1.91. The maximum Gasteiger partial charge on any atom is 0.305 e. The molecule has 0 saturated carbocycles. The lowest BCUT2D eigenvalue weighted by atomic mass is 10.1. The smallest absolute Gasteiger partial charge is 0.305 e. The van der Waals surface area contributed by atoms with Crippen molar-refractivity contribution < 1.29 is 9.53 Å². The first-order valence-corrected chi connectivity index (χ1v) is 5.77. The molecule has 0 aromatic carbocycles. The number of rotatable bonds is 5.